The number of rotatable bonds is 5. The zero-order chi connectivity index (χ0) is 18.9. The zero-order valence-corrected chi connectivity index (χ0v) is 17.4. The van der Waals surface area contributed by atoms with Crippen molar-refractivity contribution in [1.29, 1.82) is 0 Å². The molecule has 2 heterocycles. The lowest BCUT2D eigenvalue weighted by Gasteiger charge is -2.32. The summed E-state index contributed by atoms with van der Waals surface area (Å²) in [6.45, 7) is 6.10. The molecule has 0 unspecified atom stereocenters. The molecule has 1 amide bonds. The summed E-state index contributed by atoms with van der Waals surface area (Å²) in [5, 5.41) is 2.21. The standard InChI is InChI=1S/C18H22N2O3S3/c1-4-15(17-6-5-9-24-17)19-26(22,23)14-7-8-18-16(10-14)20(13(3)21)11-12(2)25-18/h5-10,12,15,19H,4,11H2,1-3H3/t12-,15-/m0/s1. The van der Waals surface area contributed by atoms with E-state index in [9.17, 15) is 13.2 Å². The summed E-state index contributed by atoms with van der Waals surface area (Å²) in [7, 11) is -3.68. The summed E-state index contributed by atoms with van der Waals surface area (Å²) >= 11 is 3.20. The van der Waals surface area contributed by atoms with Crippen LogP contribution in [0.15, 0.2) is 45.5 Å². The summed E-state index contributed by atoms with van der Waals surface area (Å²) in [5.41, 5.74) is 0.674. The van der Waals surface area contributed by atoms with E-state index < -0.39 is 10.0 Å². The highest BCUT2D eigenvalue weighted by Crippen LogP contribution is 2.40. The van der Waals surface area contributed by atoms with Crippen LogP contribution in [-0.2, 0) is 14.8 Å². The molecule has 5 nitrogen and oxygen atoms in total. The van der Waals surface area contributed by atoms with Gasteiger partial charge >= 0.3 is 0 Å². The third-order valence-corrected chi connectivity index (χ3v) is 7.88. The summed E-state index contributed by atoms with van der Waals surface area (Å²) < 4.78 is 28.6. The topological polar surface area (TPSA) is 66.5 Å². The molecule has 0 saturated heterocycles. The fourth-order valence-electron chi connectivity index (χ4n) is 2.97. The van der Waals surface area contributed by atoms with Gasteiger partial charge in [-0.2, -0.15) is 0 Å². The van der Waals surface area contributed by atoms with Gasteiger partial charge in [0.1, 0.15) is 0 Å². The maximum atomic E-state index is 12.9. The highest BCUT2D eigenvalue weighted by atomic mass is 32.2. The predicted octanol–water partition coefficient (Wildman–Crippen LogP) is 4.02. The first-order chi connectivity index (χ1) is 12.3. The van der Waals surface area contributed by atoms with Gasteiger partial charge in [0.15, 0.2) is 0 Å². The number of thiophene rings is 1. The number of hydrogen-bond donors (Lipinski definition) is 1. The molecule has 1 aliphatic heterocycles. The number of benzene rings is 1. The van der Waals surface area contributed by atoms with Crippen molar-refractivity contribution in [2.24, 2.45) is 0 Å². The Kier molecular flexibility index (Phi) is 5.76. The van der Waals surface area contributed by atoms with Crippen molar-refractivity contribution in [2.75, 3.05) is 11.4 Å². The van der Waals surface area contributed by atoms with Crippen LogP contribution in [0.5, 0.6) is 0 Å². The highest BCUT2D eigenvalue weighted by Gasteiger charge is 2.28. The molecular weight excluding hydrogens is 388 g/mol. The summed E-state index contributed by atoms with van der Waals surface area (Å²) in [5.74, 6) is -0.0778. The largest absolute Gasteiger partial charge is 0.310 e. The molecule has 1 N–H and O–H groups in total. The van der Waals surface area contributed by atoms with Crippen LogP contribution in [-0.4, -0.2) is 26.1 Å². The Morgan fingerprint density at radius 1 is 1.38 bits per heavy atom. The second kappa shape index (κ2) is 7.72. The molecular formula is C18H22N2O3S3. The van der Waals surface area contributed by atoms with Crippen LogP contribution in [0.3, 0.4) is 0 Å². The van der Waals surface area contributed by atoms with E-state index in [0.29, 0.717) is 18.7 Å². The van der Waals surface area contributed by atoms with Crippen molar-refractivity contribution < 1.29 is 13.2 Å². The van der Waals surface area contributed by atoms with E-state index in [-0.39, 0.29) is 22.1 Å². The number of nitrogens with one attached hydrogen (secondary N) is 1. The lowest BCUT2D eigenvalue weighted by Crippen LogP contribution is -2.37. The maximum Gasteiger partial charge on any atom is 0.241 e. The van der Waals surface area contributed by atoms with Crippen LogP contribution < -0.4 is 9.62 Å². The minimum atomic E-state index is -3.68. The zero-order valence-electron chi connectivity index (χ0n) is 14.9. The lowest BCUT2D eigenvalue weighted by atomic mass is 10.2. The van der Waals surface area contributed by atoms with Gasteiger partial charge in [0.25, 0.3) is 0 Å². The van der Waals surface area contributed by atoms with Crippen molar-refractivity contribution in [1.82, 2.24) is 4.72 Å². The van der Waals surface area contributed by atoms with E-state index in [1.165, 1.54) is 18.3 Å². The SMILES string of the molecule is CC[C@H](NS(=O)(=O)c1ccc2c(c1)N(C(C)=O)C[C@H](C)S2)c1cccs1. The second-order valence-electron chi connectivity index (χ2n) is 6.29. The Morgan fingerprint density at radius 3 is 2.77 bits per heavy atom. The predicted molar refractivity (Wildman–Crippen MR) is 107 cm³/mol. The second-order valence-corrected chi connectivity index (χ2v) is 10.5. The fraction of sp³-hybridized carbons (Fsp3) is 0.389. The molecule has 3 rings (SSSR count). The van der Waals surface area contributed by atoms with Gasteiger partial charge in [0, 0.05) is 28.5 Å². The van der Waals surface area contributed by atoms with Gasteiger partial charge in [-0.15, -0.1) is 23.1 Å². The maximum absolute atomic E-state index is 12.9. The average molecular weight is 411 g/mol. The Bertz CT molecular complexity index is 894. The van der Waals surface area contributed by atoms with Crippen molar-refractivity contribution in [2.45, 2.75) is 48.3 Å². The average Bonchev–Trinajstić information content (AvgIpc) is 3.12. The Balaban J connectivity index is 1.94. The van der Waals surface area contributed by atoms with Crippen LogP contribution in [0.1, 0.15) is 38.1 Å². The van der Waals surface area contributed by atoms with Gasteiger partial charge < -0.3 is 4.90 Å². The fourth-order valence-corrected chi connectivity index (χ4v) is 6.32. The number of hydrogen-bond acceptors (Lipinski definition) is 5. The lowest BCUT2D eigenvalue weighted by molar-refractivity contribution is -0.116. The van der Waals surface area contributed by atoms with E-state index in [4.69, 9.17) is 0 Å². The number of amides is 1. The summed E-state index contributed by atoms with van der Waals surface area (Å²) in [6.07, 6.45) is 0.664. The number of carbonyl (C=O) groups excluding carboxylic acids is 1. The quantitative estimate of drug-likeness (QED) is 0.808. The Labute approximate surface area is 162 Å². The summed E-state index contributed by atoms with van der Waals surface area (Å²) in [4.78, 5) is 15.8. The first-order valence-corrected chi connectivity index (χ1v) is 11.7. The molecule has 0 spiro atoms. The van der Waals surface area contributed by atoms with E-state index >= 15 is 0 Å². The number of carbonyl (C=O) groups is 1. The number of fused-ring (bicyclic) bond motifs is 1. The van der Waals surface area contributed by atoms with Crippen molar-refractivity contribution >= 4 is 44.7 Å². The van der Waals surface area contributed by atoms with Crippen LogP contribution in [0, 0.1) is 0 Å². The number of nitrogens with zero attached hydrogens (tertiary/aromatic N) is 1. The van der Waals surface area contributed by atoms with E-state index in [2.05, 4.69) is 11.6 Å². The van der Waals surface area contributed by atoms with E-state index in [1.807, 2.05) is 24.4 Å². The third-order valence-electron chi connectivity index (χ3n) is 4.27. The van der Waals surface area contributed by atoms with Gasteiger partial charge in [0.05, 0.1) is 16.6 Å². The number of sulfonamides is 1. The molecule has 8 heteroatoms. The molecule has 140 valence electrons. The van der Waals surface area contributed by atoms with Gasteiger partial charge in [-0.25, -0.2) is 13.1 Å². The highest BCUT2D eigenvalue weighted by molar-refractivity contribution is 8.00. The van der Waals surface area contributed by atoms with Gasteiger partial charge in [0.2, 0.25) is 15.9 Å². The van der Waals surface area contributed by atoms with Crippen molar-refractivity contribution in [3.05, 3.63) is 40.6 Å². The van der Waals surface area contributed by atoms with Crippen molar-refractivity contribution in [3.63, 3.8) is 0 Å². The molecule has 1 aromatic heterocycles. The normalized spacial score (nSPS) is 18.4. The smallest absolute Gasteiger partial charge is 0.241 e. The molecule has 2 atom stereocenters. The first kappa shape index (κ1) is 19.4. The molecule has 2 aromatic rings. The van der Waals surface area contributed by atoms with Crippen LogP contribution in [0.4, 0.5) is 5.69 Å². The number of anilines is 1. The third kappa shape index (κ3) is 3.98. The van der Waals surface area contributed by atoms with E-state index in [0.717, 1.165) is 9.77 Å². The molecule has 26 heavy (non-hydrogen) atoms. The molecule has 1 aliphatic rings. The van der Waals surface area contributed by atoms with Gasteiger partial charge in [-0.3, -0.25) is 4.79 Å². The van der Waals surface area contributed by atoms with E-state index in [1.54, 1.807) is 34.9 Å². The van der Waals surface area contributed by atoms with Gasteiger partial charge in [-0.1, -0.05) is 19.9 Å². The molecule has 0 bridgehead atoms. The molecule has 0 fully saturated rings. The minimum absolute atomic E-state index is 0.0778. The molecule has 1 aromatic carbocycles. The molecule has 0 saturated carbocycles. The van der Waals surface area contributed by atoms with Crippen LogP contribution >= 0.6 is 23.1 Å². The van der Waals surface area contributed by atoms with Crippen LogP contribution in [0.25, 0.3) is 0 Å². The Hall–Kier alpha value is -1.35. The number of thioether (sulfide) groups is 1. The van der Waals surface area contributed by atoms with Crippen LogP contribution in [0.2, 0.25) is 0 Å². The first-order valence-electron chi connectivity index (χ1n) is 8.46. The minimum Gasteiger partial charge on any atom is -0.310 e. The van der Waals surface area contributed by atoms with Crippen molar-refractivity contribution in [3.8, 4) is 0 Å². The van der Waals surface area contributed by atoms with Gasteiger partial charge in [-0.05, 0) is 36.1 Å². The monoisotopic (exact) mass is 410 g/mol. The summed E-state index contributed by atoms with van der Waals surface area (Å²) in [6, 6.07) is 8.62. The molecule has 0 radical (unpaired) electrons. The Morgan fingerprint density at radius 2 is 2.15 bits per heavy atom. The molecule has 0 aliphatic carbocycles.